The van der Waals surface area contributed by atoms with Gasteiger partial charge in [0.25, 0.3) is 0 Å². The maximum atomic E-state index is 11.4. The topological polar surface area (TPSA) is 70.2 Å². The van der Waals surface area contributed by atoms with Gasteiger partial charge in [0.15, 0.2) is 0 Å². The van der Waals surface area contributed by atoms with E-state index in [1.807, 2.05) is 18.2 Å². The predicted octanol–water partition coefficient (Wildman–Crippen LogP) is 1.75. The van der Waals surface area contributed by atoms with E-state index < -0.39 is 0 Å². The van der Waals surface area contributed by atoms with Crippen molar-refractivity contribution >= 4 is 30.1 Å². The average molecular weight is 282 g/mol. The third-order valence-corrected chi connectivity index (χ3v) is 2.59. The summed E-state index contributed by atoms with van der Waals surface area (Å²) in [5, 5.41) is 8.36. The van der Waals surface area contributed by atoms with Crippen molar-refractivity contribution in [2.24, 2.45) is 0 Å². The zero-order chi connectivity index (χ0) is 13.9. The van der Waals surface area contributed by atoms with E-state index >= 15 is 0 Å². The highest BCUT2D eigenvalue weighted by atomic mass is 35.5. The molecular formula is C13H16ClN3O2. The van der Waals surface area contributed by atoms with Crippen LogP contribution in [0.5, 0.6) is 0 Å². The molecule has 0 atom stereocenters. The van der Waals surface area contributed by atoms with Crippen LogP contribution in [0.25, 0.3) is 6.08 Å². The van der Waals surface area contributed by atoms with Crippen molar-refractivity contribution in [1.82, 2.24) is 16.0 Å². The molecule has 3 N–H and O–H groups in total. The Bertz CT molecular complexity index is 449. The lowest BCUT2D eigenvalue weighted by Crippen LogP contribution is -2.33. The Labute approximate surface area is 117 Å². The molecule has 0 saturated carbocycles. The Morgan fingerprint density at radius 1 is 1.26 bits per heavy atom. The van der Waals surface area contributed by atoms with Crippen molar-refractivity contribution in [2.75, 3.05) is 13.1 Å². The van der Waals surface area contributed by atoms with Crippen LogP contribution in [0, 0.1) is 0 Å². The fourth-order valence-electron chi connectivity index (χ4n) is 1.32. The largest absolute Gasteiger partial charge is 0.359 e. The Kier molecular flexibility index (Phi) is 7.12. The van der Waals surface area contributed by atoms with Gasteiger partial charge < -0.3 is 16.0 Å². The lowest BCUT2D eigenvalue weighted by Gasteiger charge is -2.04. The van der Waals surface area contributed by atoms with E-state index in [1.165, 1.54) is 6.20 Å². The van der Waals surface area contributed by atoms with Gasteiger partial charge >= 0.3 is 6.03 Å². The first-order valence-electron chi connectivity index (χ1n) is 5.86. The third-order valence-electron chi connectivity index (χ3n) is 2.25. The van der Waals surface area contributed by atoms with E-state index in [4.69, 9.17) is 11.6 Å². The number of hydrogen-bond donors (Lipinski definition) is 3. The minimum Gasteiger partial charge on any atom is -0.359 e. The Morgan fingerprint density at radius 3 is 2.79 bits per heavy atom. The number of amides is 3. The van der Waals surface area contributed by atoms with E-state index in [-0.39, 0.29) is 6.03 Å². The Hall–Kier alpha value is -2.01. The molecule has 1 aromatic carbocycles. The lowest BCUT2D eigenvalue weighted by atomic mass is 10.2. The zero-order valence-electron chi connectivity index (χ0n) is 10.4. The minimum atomic E-state index is -0.297. The SMILES string of the molecule is O=CNCCCNC(=O)N/C=C/c1ccccc1Cl. The quantitative estimate of drug-likeness (QED) is 0.526. The lowest BCUT2D eigenvalue weighted by molar-refractivity contribution is -0.109. The van der Waals surface area contributed by atoms with Gasteiger partial charge in [0.2, 0.25) is 6.41 Å². The van der Waals surface area contributed by atoms with Crippen LogP contribution in [-0.2, 0) is 4.79 Å². The van der Waals surface area contributed by atoms with Crippen molar-refractivity contribution < 1.29 is 9.59 Å². The normalized spacial score (nSPS) is 10.2. The first kappa shape index (κ1) is 15.0. The maximum Gasteiger partial charge on any atom is 0.318 e. The second-order valence-electron chi connectivity index (χ2n) is 3.68. The summed E-state index contributed by atoms with van der Waals surface area (Å²) in [4.78, 5) is 21.3. The van der Waals surface area contributed by atoms with Gasteiger partial charge in [0.1, 0.15) is 0 Å². The number of carbonyl (C=O) groups excluding carboxylic acids is 2. The van der Waals surface area contributed by atoms with Gasteiger partial charge in [-0.25, -0.2) is 4.79 Å². The van der Waals surface area contributed by atoms with E-state index in [1.54, 1.807) is 12.1 Å². The van der Waals surface area contributed by atoms with Crippen LogP contribution in [0.4, 0.5) is 4.79 Å². The van der Waals surface area contributed by atoms with Crippen LogP contribution in [-0.4, -0.2) is 25.5 Å². The van der Waals surface area contributed by atoms with Crippen molar-refractivity contribution in [2.45, 2.75) is 6.42 Å². The first-order valence-corrected chi connectivity index (χ1v) is 6.24. The van der Waals surface area contributed by atoms with Crippen molar-refractivity contribution in [1.29, 1.82) is 0 Å². The number of rotatable bonds is 7. The molecule has 0 heterocycles. The molecule has 0 unspecified atom stereocenters. The number of carbonyl (C=O) groups is 2. The van der Waals surface area contributed by atoms with Gasteiger partial charge in [-0.05, 0) is 24.1 Å². The molecular weight excluding hydrogens is 266 g/mol. The van der Waals surface area contributed by atoms with Crippen molar-refractivity contribution in [3.63, 3.8) is 0 Å². The standard InChI is InChI=1S/C13H16ClN3O2/c14-12-5-2-1-4-11(12)6-9-17-13(19)16-8-3-7-15-10-18/h1-2,4-6,9-10H,3,7-8H2,(H,15,18)(H2,16,17,19)/b9-6+. The molecule has 5 nitrogen and oxygen atoms in total. The molecule has 0 aliphatic rings. The second kappa shape index (κ2) is 8.99. The summed E-state index contributed by atoms with van der Waals surface area (Å²) in [5.74, 6) is 0. The van der Waals surface area contributed by atoms with Crippen LogP contribution in [0.15, 0.2) is 30.5 Å². The molecule has 0 fully saturated rings. The van der Waals surface area contributed by atoms with Crippen LogP contribution in [0.2, 0.25) is 5.02 Å². The Balaban J connectivity index is 2.23. The summed E-state index contributed by atoms with van der Waals surface area (Å²) >= 11 is 5.96. The van der Waals surface area contributed by atoms with Crippen LogP contribution >= 0.6 is 11.6 Å². The van der Waals surface area contributed by atoms with Gasteiger partial charge in [-0.15, -0.1) is 0 Å². The van der Waals surface area contributed by atoms with Gasteiger partial charge in [0.05, 0.1) is 0 Å². The highest BCUT2D eigenvalue weighted by molar-refractivity contribution is 6.32. The smallest absolute Gasteiger partial charge is 0.318 e. The van der Waals surface area contributed by atoms with E-state index in [0.29, 0.717) is 30.9 Å². The summed E-state index contributed by atoms with van der Waals surface area (Å²) in [7, 11) is 0. The number of halogens is 1. The molecule has 102 valence electrons. The van der Waals surface area contributed by atoms with E-state index in [2.05, 4.69) is 16.0 Å². The summed E-state index contributed by atoms with van der Waals surface area (Å²) in [6.45, 7) is 1.03. The van der Waals surface area contributed by atoms with Crippen molar-refractivity contribution in [3.8, 4) is 0 Å². The molecule has 0 radical (unpaired) electrons. The molecule has 3 amide bonds. The molecule has 19 heavy (non-hydrogen) atoms. The molecule has 0 aromatic heterocycles. The van der Waals surface area contributed by atoms with Crippen LogP contribution in [0.1, 0.15) is 12.0 Å². The van der Waals surface area contributed by atoms with Gasteiger partial charge in [-0.1, -0.05) is 29.8 Å². The summed E-state index contributed by atoms with van der Waals surface area (Å²) in [5.41, 5.74) is 0.833. The molecule has 0 saturated heterocycles. The van der Waals surface area contributed by atoms with E-state index in [9.17, 15) is 9.59 Å². The van der Waals surface area contributed by atoms with Crippen LogP contribution in [0.3, 0.4) is 0 Å². The maximum absolute atomic E-state index is 11.4. The molecule has 0 aliphatic heterocycles. The molecule has 1 aromatic rings. The van der Waals surface area contributed by atoms with Crippen LogP contribution < -0.4 is 16.0 Å². The minimum absolute atomic E-state index is 0.297. The molecule has 0 bridgehead atoms. The highest BCUT2D eigenvalue weighted by Crippen LogP contribution is 2.15. The summed E-state index contributed by atoms with van der Waals surface area (Å²) in [6, 6.07) is 7.04. The summed E-state index contributed by atoms with van der Waals surface area (Å²) in [6.07, 6.45) is 4.56. The third kappa shape index (κ3) is 6.47. The molecule has 0 spiro atoms. The number of hydrogen-bond acceptors (Lipinski definition) is 2. The molecule has 0 aliphatic carbocycles. The highest BCUT2D eigenvalue weighted by Gasteiger charge is 1.96. The number of benzene rings is 1. The number of urea groups is 1. The zero-order valence-corrected chi connectivity index (χ0v) is 11.1. The summed E-state index contributed by atoms with van der Waals surface area (Å²) < 4.78 is 0. The first-order chi connectivity index (χ1) is 9.24. The van der Waals surface area contributed by atoms with E-state index in [0.717, 1.165) is 5.56 Å². The molecule has 6 heteroatoms. The average Bonchev–Trinajstić information content (AvgIpc) is 2.41. The fraction of sp³-hybridized carbons (Fsp3) is 0.231. The van der Waals surface area contributed by atoms with Gasteiger partial charge in [-0.2, -0.15) is 0 Å². The van der Waals surface area contributed by atoms with Gasteiger partial charge in [-0.3, -0.25) is 4.79 Å². The fourth-order valence-corrected chi connectivity index (χ4v) is 1.52. The second-order valence-corrected chi connectivity index (χ2v) is 4.09. The number of nitrogens with one attached hydrogen (secondary N) is 3. The van der Waals surface area contributed by atoms with Gasteiger partial charge in [0, 0.05) is 24.3 Å². The monoisotopic (exact) mass is 281 g/mol. The molecule has 1 rings (SSSR count). The van der Waals surface area contributed by atoms with Crippen molar-refractivity contribution in [3.05, 3.63) is 41.1 Å². The predicted molar refractivity (Wildman–Crippen MR) is 75.7 cm³/mol. The Morgan fingerprint density at radius 2 is 2.05 bits per heavy atom.